The fraction of sp³-hybridized carbons (Fsp3) is 0.700. The summed E-state index contributed by atoms with van der Waals surface area (Å²) in [6, 6.07) is 0.455. The van der Waals surface area contributed by atoms with E-state index in [2.05, 4.69) is 20.6 Å². The van der Waals surface area contributed by atoms with E-state index in [4.69, 9.17) is 0 Å². The van der Waals surface area contributed by atoms with Crippen molar-refractivity contribution in [3.8, 4) is 0 Å². The molecule has 2 heterocycles. The van der Waals surface area contributed by atoms with Gasteiger partial charge in [0.15, 0.2) is 0 Å². The van der Waals surface area contributed by atoms with Crippen LogP contribution in [-0.2, 0) is 12.7 Å². The highest BCUT2D eigenvalue weighted by molar-refractivity contribution is 7.16. The molecule has 0 saturated heterocycles. The van der Waals surface area contributed by atoms with Gasteiger partial charge in [-0.1, -0.05) is 24.2 Å². The first-order chi connectivity index (χ1) is 9.04. The first kappa shape index (κ1) is 12.8. The van der Waals surface area contributed by atoms with E-state index in [9.17, 15) is 13.2 Å². The van der Waals surface area contributed by atoms with E-state index in [0.29, 0.717) is 17.6 Å². The molecule has 1 N–H and O–H groups in total. The number of aromatic nitrogens is 4. The molecule has 0 atom stereocenters. The number of hydrogen-bond acceptors (Lipinski definition) is 5. The van der Waals surface area contributed by atoms with Crippen LogP contribution in [0.25, 0.3) is 4.96 Å². The Bertz CT molecular complexity index is 569. The summed E-state index contributed by atoms with van der Waals surface area (Å²) in [6.07, 6.45) is 0.140. The number of alkyl halides is 3. The number of fused-ring (bicyclic) bond motifs is 1. The van der Waals surface area contributed by atoms with E-state index in [1.165, 1.54) is 12.8 Å². The van der Waals surface area contributed by atoms with E-state index in [1.54, 1.807) is 0 Å². The molecule has 2 aromatic heterocycles. The fourth-order valence-corrected chi connectivity index (χ4v) is 3.05. The minimum Gasteiger partial charge on any atom is -0.308 e. The lowest BCUT2D eigenvalue weighted by atomic mass is 10.2. The van der Waals surface area contributed by atoms with Crippen molar-refractivity contribution in [3.63, 3.8) is 0 Å². The van der Waals surface area contributed by atoms with Crippen LogP contribution < -0.4 is 5.32 Å². The molecule has 0 aromatic carbocycles. The lowest BCUT2D eigenvalue weighted by Gasteiger charge is -2.09. The molecule has 1 saturated carbocycles. The third-order valence-electron chi connectivity index (χ3n) is 3.18. The summed E-state index contributed by atoms with van der Waals surface area (Å²) in [6.45, 7) is 0.482. The van der Waals surface area contributed by atoms with Crippen LogP contribution in [0, 0.1) is 0 Å². The Balaban J connectivity index is 1.76. The van der Waals surface area contributed by atoms with Crippen LogP contribution in [0.4, 0.5) is 13.2 Å². The van der Waals surface area contributed by atoms with Gasteiger partial charge in [-0.25, -0.2) is 0 Å². The standard InChI is InChI=1S/C10H12F3N5S/c11-10(12,13)8-15-16-9-18(8)17-7(19-9)5-14-6-3-1-2-4-6/h6,14H,1-5H2. The van der Waals surface area contributed by atoms with Gasteiger partial charge in [0, 0.05) is 12.6 Å². The summed E-state index contributed by atoms with van der Waals surface area (Å²) in [7, 11) is 0. The molecule has 0 aliphatic heterocycles. The molecule has 0 radical (unpaired) electrons. The predicted molar refractivity (Wildman–Crippen MR) is 62.8 cm³/mol. The number of nitrogens with one attached hydrogen (secondary N) is 1. The molecule has 0 bridgehead atoms. The van der Waals surface area contributed by atoms with Crippen molar-refractivity contribution < 1.29 is 13.2 Å². The normalized spacial score (nSPS) is 17.6. The average Bonchev–Trinajstić information content (AvgIpc) is 3.00. The first-order valence-corrected chi connectivity index (χ1v) is 6.87. The molecule has 2 aromatic rings. The van der Waals surface area contributed by atoms with Crippen molar-refractivity contribution in [3.05, 3.63) is 10.8 Å². The van der Waals surface area contributed by atoms with Gasteiger partial charge in [-0.2, -0.15) is 22.8 Å². The van der Waals surface area contributed by atoms with Gasteiger partial charge in [0.25, 0.3) is 5.82 Å². The Morgan fingerprint density at radius 3 is 2.68 bits per heavy atom. The van der Waals surface area contributed by atoms with Crippen molar-refractivity contribution >= 4 is 16.3 Å². The van der Waals surface area contributed by atoms with Gasteiger partial charge in [0.05, 0.1) is 0 Å². The highest BCUT2D eigenvalue weighted by atomic mass is 32.1. The van der Waals surface area contributed by atoms with Crippen molar-refractivity contribution in [1.29, 1.82) is 0 Å². The molecule has 104 valence electrons. The molecule has 9 heteroatoms. The molecule has 5 nitrogen and oxygen atoms in total. The summed E-state index contributed by atoms with van der Waals surface area (Å²) >= 11 is 1.13. The molecule has 19 heavy (non-hydrogen) atoms. The maximum atomic E-state index is 12.6. The summed E-state index contributed by atoms with van der Waals surface area (Å²) in [4.78, 5) is 0.176. The van der Waals surface area contributed by atoms with Gasteiger partial charge in [-0.15, -0.1) is 10.2 Å². The largest absolute Gasteiger partial charge is 0.453 e. The smallest absolute Gasteiger partial charge is 0.308 e. The SMILES string of the molecule is FC(F)(F)c1nnc2sc(CNC3CCCC3)nn12. The molecule has 0 unspecified atom stereocenters. The fourth-order valence-electron chi connectivity index (χ4n) is 2.27. The first-order valence-electron chi connectivity index (χ1n) is 6.06. The summed E-state index contributed by atoms with van der Waals surface area (Å²) in [5.41, 5.74) is 0. The van der Waals surface area contributed by atoms with E-state index >= 15 is 0 Å². The third-order valence-corrected chi connectivity index (χ3v) is 4.08. The Morgan fingerprint density at radius 2 is 2.00 bits per heavy atom. The maximum Gasteiger partial charge on any atom is 0.453 e. The zero-order valence-electron chi connectivity index (χ0n) is 9.94. The second kappa shape index (κ2) is 4.71. The minimum absolute atomic E-state index is 0.176. The van der Waals surface area contributed by atoms with Crippen LogP contribution in [-0.4, -0.2) is 25.9 Å². The van der Waals surface area contributed by atoms with Gasteiger partial charge in [0.1, 0.15) is 5.01 Å². The van der Waals surface area contributed by atoms with Crippen LogP contribution in [0.5, 0.6) is 0 Å². The average molecular weight is 291 g/mol. The Kier molecular flexibility index (Phi) is 3.17. The van der Waals surface area contributed by atoms with Crippen LogP contribution in [0.3, 0.4) is 0 Å². The van der Waals surface area contributed by atoms with Gasteiger partial charge in [-0.3, -0.25) is 0 Å². The van der Waals surface area contributed by atoms with Crippen LogP contribution in [0.1, 0.15) is 36.5 Å². The van der Waals surface area contributed by atoms with Crippen molar-refractivity contribution in [2.75, 3.05) is 0 Å². The second-order valence-corrected chi connectivity index (χ2v) is 5.61. The summed E-state index contributed by atoms with van der Waals surface area (Å²) < 4.78 is 38.6. The van der Waals surface area contributed by atoms with Crippen LogP contribution >= 0.6 is 11.3 Å². The third kappa shape index (κ3) is 2.57. The van der Waals surface area contributed by atoms with Gasteiger partial charge < -0.3 is 5.32 Å². The lowest BCUT2D eigenvalue weighted by Crippen LogP contribution is -2.25. The Hall–Kier alpha value is -1.22. The van der Waals surface area contributed by atoms with Crippen LogP contribution in [0.2, 0.25) is 0 Å². The summed E-state index contributed by atoms with van der Waals surface area (Å²) in [5.74, 6) is -1.06. The van der Waals surface area contributed by atoms with Gasteiger partial charge in [0.2, 0.25) is 4.96 Å². The number of hydrogen-bond donors (Lipinski definition) is 1. The lowest BCUT2D eigenvalue weighted by molar-refractivity contribution is -0.146. The minimum atomic E-state index is -4.52. The molecular formula is C10H12F3N5S. The zero-order chi connectivity index (χ0) is 13.5. The quantitative estimate of drug-likeness (QED) is 0.942. The van der Waals surface area contributed by atoms with E-state index in [1.807, 2.05) is 0 Å². The summed E-state index contributed by atoms with van der Waals surface area (Å²) in [5, 5.41) is 14.5. The molecule has 0 spiro atoms. The van der Waals surface area contributed by atoms with Crippen molar-refractivity contribution in [2.45, 2.75) is 44.4 Å². The monoisotopic (exact) mass is 291 g/mol. The zero-order valence-corrected chi connectivity index (χ0v) is 10.8. The molecule has 1 aliphatic rings. The van der Waals surface area contributed by atoms with Gasteiger partial charge >= 0.3 is 6.18 Å². The highest BCUT2D eigenvalue weighted by Gasteiger charge is 2.38. The van der Waals surface area contributed by atoms with E-state index in [0.717, 1.165) is 28.7 Å². The Morgan fingerprint density at radius 1 is 1.26 bits per heavy atom. The highest BCUT2D eigenvalue weighted by Crippen LogP contribution is 2.29. The molecule has 1 fully saturated rings. The van der Waals surface area contributed by atoms with E-state index < -0.39 is 12.0 Å². The molecule has 1 aliphatic carbocycles. The van der Waals surface area contributed by atoms with Crippen LogP contribution in [0.15, 0.2) is 0 Å². The Labute approximate surface area is 110 Å². The number of nitrogens with zero attached hydrogens (tertiary/aromatic N) is 4. The maximum absolute atomic E-state index is 12.6. The van der Waals surface area contributed by atoms with Crippen molar-refractivity contribution in [2.24, 2.45) is 0 Å². The van der Waals surface area contributed by atoms with E-state index in [-0.39, 0.29) is 4.96 Å². The molecule has 3 rings (SSSR count). The number of rotatable bonds is 3. The second-order valence-electron chi connectivity index (χ2n) is 4.57. The van der Waals surface area contributed by atoms with Crippen molar-refractivity contribution in [1.82, 2.24) is 25.1 Å². The molecule has 0 amide bonds. The topological polar surface area (TPSA) is 55.1 Å². The predicted octanol–water partition coefficient (Wildman–Crippen LogP) is 2.24. The van der Waals surface area contributed by atoms with Gasteiger partial charge in [-0.05, 0) is 12.8 Å². The molecular weight excluding hydrogens is 279 g/mol. The number of halogens is 3.